The van der Waals surface area contributed by atoms with E-state index >= 15 is 0 Å². The van der Waals surface area contributed by atoms with Gasteiger partial charge in [0.25, 0.3) is 5.91 Å². The van der Waals surface area contributed by atoms with Crippen LogP contribution in [0.3, 0.4) is 0 Å². The third kappa shape index (κ3) is 3.04. The highest BCUT2D eigenvalue weighted by atomic mass is 19.4. The Morgan fingerprint density at radius 3 is 2.21 bits per heavy atom. The van der Waals surface area contributed by atoms with Gasteiger partial charge in [-0.3, -0.25) is 4.79 Å². The van der Waals surface area contributed by atoms with Crippen molar-refractivity contribution in [2.24, 2.45) is 0 Å². The summed E-state index contributed by atoms with van der Waals surface area (Å²) in [7, 11) is 0. The van der Waals surface area contributed by atoms with E-state index in [4.69, 9.17) is 5.11 Å². The summed E-state index contributed by atoms with van der Waals surface area (Å²) in [5.74, 6) is -0.795. The topological polar surface area (TPSA) is 49.3 Å². The SMILES string of the molecule is O=C(Nc1ccc(C(O)C(F)(F)F)cc1)C1(F)CC1. The number of anilines is 1. The van der Waals surface area contributed by atoms with Gasteiger partial charge in [-0.05, 0) is 30.5 Å². The fourth-order valence-corrected chi connectivity index (χ4v) is 1.52. The molecule has 0 aliphatic heterocycles. The number of aliphatic hydroxyl groups excluding tert-OH is 1. The Bertz CT molecular complexity index is 479. The maximum atomic E-state index is 13.3. The summed E-state index contributed by atoms with van der Waals surface area (Å²) in [5, 5.41) is 11.3. The van der Waals surface area contributed by atoms with Gasteiger partial charge >= 0.3 is 6.18 Å². The van der Waals surface area contributed by atoms with Crippen molar-refractivity contribution in [2.75, 3.05) is 5.32 Å². The lowest BCUT2D eigenvalue weighted by atomic mass is 10.1. The second kappa shape index (κ2) is 4.48. The van der Waals surface area contributed by atoms with Gasteiger partial charge in [0.15, 0.2) is 11.8 Å². The molecular formula is C12H11F4NO2. The Balaban J connectivity index is 2.04. The molecule has 1 fully saturated rings. The Kier molecular flexibility index (Phi) is 3.25. The lowest BCUT2D eigenvalue weighted by molar-refractivity contribution is -0.206. The van der Waals surface area contributed by atoms with E-state index < -0.39 is 23.9 Å². The highest BCUT2D eigenvalue weighted by Gasteiger charge is 2.50. The van der Waals surface area contributed by atoms with Crippen LogP contribution in [-0.4, -0.2) is 22.9 Å². The largest absolute Gasteiger partial charge is 0.418 e. The van der Waals surface area contributed by atoms with Crippen LogP contribution < -0.4 is 5.32 Å². The predicted octanol–water partition coefficient (Wildman–Crippen LogP) is 2.72. The minimum absolute atomic E-state index is 0.156. The second-order valence-corrected chi connectivity index (χ2v) is 4.49. The summed E-state index contributed by atoms with van der Waals surface area (Å²) in [6, 6.07) is 4.44. The molecule has 0 heterocycles. The summed E-state index contributed by atoms with van der Waals surface area (Å²) in [6.45, 7) is 0. The Morgan fingerprint density at radius 2 is 1.79 bits per heavy atom. The van der Waals surface area contributed by atoms with Crippen LogP contribution >= 0.6 is 0 Å². The van der Waals surface area contributed by atoms with E-state index in [2.05, 4.69) is 5.32 Å². The lowest BCUT2D eigenvalue weighted by Crippen LogP contribution is -2.25. The number of alkyl halides is 4. The van der Waals surface area contributed by atoms with Gasteiger partial charge in [-0.15, -0.1) is 0 Å². The molecule has 2 rings (SSSR count). The summed E-state index contributed by atoms with van der Waals surface area (Å²) in [5.41, 5.74) is -2.00. The van der Waals surface area contributed by atoms with Crippen LogP contribution in [-0.2, 0) is 4.79 Å². The fraction of sp³-hybridized carbons (Fsp3) is 0.417. The van der Waals surface area contributed by atoms with Crippen molar-refractivity contribution in [3.8, 4) is 0 Å². The summed E-state index contributed by atoms with van der Waals surface area (Å²) >= 11 is 0. The van der Waals surface area contributed by atoms with Gasteiger partial charge < -0.3 is 10.4 Å². The number of rotatable bonds is 3. The van der Waals surface area contributed by atoms with Crippen LogP contribution in [0.15, 0.2) is 24.3 Å². The second-order valence-electron chi connectivity index (χ2n) is 4.49. The first-order chi connectivity index (χ1) is 8.72. The number of halogens is 4. The van der Waals surface area contributed by atoms with Gasteiger partial charge in [-0.1, -0.05) is 12.1 Å². The molecule has 1 amide bonds. The Labute approximate surface area is 106 Å². The van der Waals surface area contributed by atoms with Crippen molar-refractivity contribution in [3.63, 3.8) is 0 Å². The molecule has 1 atom stereocenters. The molecule has 1 aromatic rings. The molecule has 1 aromatic carbocycles. The first kappa shape index (κ1) is 13.8. The molecule has 0 saturated heterocycles. The fourth-order valence-electron chi connectivity index (χ4n) is 1.52. The van der Waals surface area contributed by atoms with Gasteiger partial charge in [-0.25, -0.2) is 4.39 Å². The van der Waals surface area contributed by atoms with Gasteiger partial charge in [0.2, 0.25) is 0 Å². The van der Waals surface area contributed by atoms with Gasteiger partial charge in [0, 0.05) is 5.69 Å². The molecule has 7 heteroatoms. The molecule has 1 saturated carbocycles. The number of hydrogen-bond acceptors (Lipinski definition) is 2. The van der Waals surface area contributed by atoms with Crippen LogP contribution in [0, 0.1) is 0 Å². The third-order valence-corrected chi connectivity index (χ3v) is 2.89. The molecule has 1 aliphatic rings. The summed E-state index contributed by atoms with van der Waals surface area (Å²) < 4.78 is 50.1. The monoisotopic (exact) mass is 277 g/mol. The first-order valence-electron chi connectivity index (χ1n) is 5.57. The number of aliphatic hydroxyl groups is 1. The highest BCUT2D eigenvalue weighted by molar-refractivity contribution is 5.99. The average Bonchev–Trinajstić information content (AvgIpc) is 3.08. The Hall–Kier alpha value is -1.63. The van der Waals surface area contributed by atoms with Crippen molar-refractivity contribution in [1.82, 2.24) is 0 Å². The molecule has 0 radical (unpaired) electrons. The zero-order valence-corrected chi connectivity index (χ0v) is 9.67. The summed E-state index contributed by atoms with van der Waals surface area (Å²) in [4.78, 5) is 11.4. The smallest absolute Gasteiger partial charge is 0.379 e. The standard InChI is InChI=1S/C12H11F4NO2/c13-11(5-6-11)10(19)17-8-3-1-7(2-4-8)9(18)12(14,15)16/h1-4,9,18H,5-6H2,(H,17,19). The van der Waals surface area contributed by atoms with Crippen molar-refractivity contribution in [1.29, 1.82) is 0 Å². The van der Waals surface area contributed by atoms with Crippen LogP contribution in [0.4, 0.5) is 23.2 Å². The van der Waals surface area contributed by atoms with E-state index in [1.54, 1.807) is 0 Å². The van der Waals surface area contributed by atoms with E-state index in [0.717, 1.165) is 12.1 Å². The van der Waals surface area contributed by atoms with Crippen LogP contribution in [0.2, 0.25) is 0 Å². The number of hydrogen-bond donors (Lipinski definition) is 2. The molecule has 1 unspecified atom stereocenters. The Morgan fingerprint density at radius 1 is 1.26 bits per heavy atom. The van der Waals surface area contributed by atoms with Crippen LogP contribution in [0.25, 0.3) is 0 Å². The number of carbonyl (C=O) groups is 1. The molecule has 19 heavy (non-hydrogen) atoms. The van der Waals surface area contributed by atoms with Crippen molar-refractivity contribution >= 4 is 11.6 Å². The minimum atomic E-state index is -4.75. The number of amides is 1. The third-order valence-electron chi connectivity index (χ3n) is 2.89. The normalized spacial score (nSPS) is 18.8. The van der Waals surface area contributed by atoms with Crippen molar-refractivity contribution in [2.45, 2.75) is 30.8 Å². The number of nitrogens with one attached hydrogen (secondary N) is 1. The maximum Gasteiger partial charge on any atom is 0.418 e. The highest BCUT2D eigenvalue weighted by Crippen LogP contribution is 2.40. The van der Waals surface area contributed by atoms with Gasteiger partial charge in [-0.2, -0.15) is 13.2 Å². The van der Waals surface area contributed by atoms with Crippen LogP contribution in [0.5, 0.6) is 0 Å². The lowest BCUT2D eigenvalue weighted by Gasteiger charge is -2.15. The molecule has 0 spiro atoms. The maximum absolute atomic E-state index is 13.3. The number of benzene rings is 1. The zero-order valence-electron chi connectivity index (χ0n) is 9.67. The van der Waals surface area contributed by atoms with Crippen molar-refractivity contribution in [3.05, 3.63) is 29.8 Å². The molecule has 104 valence electrons. The number of carbonyl (C=O) groups excluding carboxylic acids is 1. The molecule has 2 N–H and O–H groups in total. The first-order valence-corrected chi connectivity index (χ1v) is 5.57. The quantitative estimate of drug-likeness (QED) is 0.835. The van der Waals surface area contributed by atoms with E-state index in [1.165, 1.54) is 12.1 Å². The predicted molar refractivity (Wildman–Crippen MR) is 59.2 cm³/mol. The van der Waals surface area contributed by atoms with Gasteiger partial charge in [0.1, 0.15) is 0 Å². The molecule has 0 bridgehead atoms. The van der Waals surface area contributed by atoms with E-state index in [1.807, 2.05) is 0 Å². The average molecular weight is 277 g/mol. The summed E-state index contributed by atoms with van der Waals surface area (Å²) in [6.07, 6.45) is -7.01. The van der Waals surface area contributed by atoms with E-state index in [-0.39, 0.29) is 24.1 Å². The molecule has 3 nitrogen and oxygen atoms in total. The molecular weight excluding hydrogens is 266 g/mol. The van der Waals surface area contributed by atoms with E-state index in [0.29, 0.717) is 0 Å². The zero-order chi connectivity index (χ0) is 14.3. The van der Waals surface area contributed by atoms with E-state index in [9.17, 15) is 22.4 Å². The van der Waals surface area contributed by atoms with Crippen LogP contribution in [0.1, 0.15) is 24.5 Å². The minimum Gasteiger partial charge on any atom is -0.379 e. The molecule has 0 aromatic heterocycles. The molecule has 1 aliphatic carbocycles. The van der Waals surface area contributed by atoms with Crippen molar-refractivity contribution < 1.29 is 27.5 Å². The van der Waals surface area contributed by atoms with Gasteiger partial charge in [0.05, 0.1) is 0 Å².